The van der Waals surface area contributed by atoms with E-state index in [1.807, 2.05) is 0 Å². The van der Waals surface area contributed by atoms with E-state index in [4.69, 9.17) is 0 Å². The summed E-state index contributed by atoms with van der Waals surface area (Å²) in [5, 5.41) is 13.3. The Morgan fingerprint density at radius 2 is 1.95 bits per heavy atom. The predicted octanol–water partition coefficient (Wildman–Crippen LogP) is 0.476. The molecule has 0 aromatic carbocycles. The molecule has 2 rings (SSSR count). The highest BCUT2D eigenvalue weighted by Crippen LogP contribution is 2.20. The van der Waals surface area contributed by atoms with Crippen LogP contribution in [0.25, 0.3) is 0 Å². The van der Waals surface area contributed by atoms with Crippen molar-refractivity contribution in [3.8, 4) is 0 Å². The highest BCUT2D eigenvalue weighted by Gasteiger charge is 2.34. The lowest BCUT2D eigenvalue weighted by molar-refractivity contribution is -0.143. The molecule has 1 atom stereocenters. The summed E-state index contributed by atoms with van der Waals surface area (Å²) in [7, 11) is 1.48. The number of amides is 1. The van der Waals surface area contributed by atoms with Gasteiger partial charge in [0.15, 0.2) is 0 Å². The van der Waals surface area contributed by atoms with Crippen LogP contribution in [0.2, 0.25) is 0 Å². The molecule has 1 aliphatic heterocycles. The van der Waals surface area contributed by atoms with Gasteiger partial charge in [-0.25, -0.2) is 9.48 Å². The van der Waals surface area contributed by atoms with Crippen LogP contribution in [0.1, 0.15) is 40.9 Å². The number of piperidine rings is 1. The largest absolute Gasteiger partial charge is 0.480 e. The average molecular weight is 293 g/mol. The van der Waals surface area contributed by atoms with Crippen molar-refractivity contribution in [2.45, 2.75) is 39.2 Å². The monoisotopic (exact) mass is 293 g/mol. The Bertz CT molecular complexity index is 650. The van der Waals surface area contributed by atoms with Crippen LogP contribution in [0.4, 0.5) is 0 Å². The minimum atomic E-state index is -1.02. The summed E-state index contributed by atoms with van der Waals surface area (Å²) in [6.45, 7) is 3.74. The molecule has 1 aliphatic rings. The summed E-state index contributed by atoms with van der Waals surface area (Å²) in [5.74, 6) is -1.53. The second-order valence-corrected chi connectivity index (χ2v) is 5.36. The molecular weight excluding hydrogens is 274 g/mol. The number of aliphatic carboxylic acids is 1. The van der Waals surface area contributed by atoms with Gasteiger partial charge in [-0.3, -0.25) is 9.59 Å². The molecule has 1 amide bonds. The first-order valence-corrected chi connectivity index (χ1v) is 6.93. The van der Waals surface area contributed by atoms with E-state index in [0.717, 1.165) is 17.5 Å². The fraction of sp³-hybridized carbons (Fsp3) is 0.571. The molecule has 1 N–H and O–H groups in total. The maximum absolute atomic E-state index is 12.7. The summed E-state index contributed by atoms with van der Waals surface area (Å²) >= 11 is 0. The van der Waals surface area contributed by atoms with Crippen LogP contribution in [0, 0.1) is 13.8 Å². The lowest BCUT2D eigenvalue weighted by atomic mass is 10.00. The first-order chi connectivity index (χ1) is 9.84. The van der Waals surface area contributed by atoms with Gasteiger partial charge in [-0.2, -0.15) is 5.10 Å². The molecule has 1 fully saturated rings. The van der Waals surface area contributed by atoms with Crippen molar-refractivity contribution >= 4 is 11.9 Å². The van der Waals surface area contributed by atoms with Gasteiger partial charge in [0.25, 0.3) is 11.5 Å². The molecule has 7 nitrogen and oxygen atoms in total. The van der Waals surface area contributed by atoms with E-state index >= 15 is 0 Å². The van der Waals surface area contributed by atoms with E-state index < -0.39 is 23.5 Å². The van der Waals surface area contributed by atoms with Crippen LogP contribution in [0.3, 0.4) is 0 Å². The van der Waals surface area contributed by atoms with Crippen LogP contribution >= 0.6 is 0 Å². The van der Waals surface area contributed by atoms with Gasteiger partial charge in [-0.05, 0) is 38.7 Å². The van der Waals surface area contributed by atoms with Gasteiger partial charge >= 0.3 is 5.97 Å². The van der Waals surface area contributed by atoms with Crippen LogP contribution < -0.4 is 5.56 Å². The summed E-state index contributed by atoms with van der Waals surface area (Å²) < 4.78 is 1.12. The zero-order chi connectivity index (χ0) is 15.7. The third-order valence-electron chi connectivity index (χ3n) is 3.99. The standard InChI is InChI=1S/C14H19N3O4/c1-8-9(2)15-16(3)12(18)11(8)13(19)17-7-5-4-6-10(17)14(20)21/h10H,4-7H2,1-3H3,(H,20,21)/t10-/m1/s1. The summed E-state index contributed by atoms with van der Waals surface area (Å²) in [6, 6.07) is -0.858. The number of rotatable bonds is 2. The molecule has 0 radical (unpaired) electrons. The lowest BCUT2D eigenvalue weighted by Crippen LogP contribution is -2.49. The lowest BCUT2D eigenvalue weighted by Gasteiger charge is -2.33. The van der Waals surface area contributed by atoms with Crippen molar-refractivity contribution in [1.82, 2.24) is 14.7 Å². The molecule has 0 aliphatic carbocycles. The zero-order valence-electron chi connectivity index (χ0n) is 12.4. The molecule has 0 unspecified atom stereocenters. The number of likely N-dealkylation sites (tertiary alicyclic amines) is 1. The van der Waals surface area contributed by atoms with Gasteiger partial charge in [0.2, 0.25) is 0 Å². The molecule has 21 heavy (non-hydrogen) atoms. The Hall–Kier alpha value is -2.18. The van der Waals surface area contributed by atoms with Crippen LogP contribution in [-0.2, 0) is 11.8 Å². The van der Waals surface area contributed by atoms with E-state index in [1.54, 1.807) is 13.8 Å². The van der Waals surface area contributed by atoms with Crippen LogP contribution in [-0.4, -0.2) is 44.3 Å². The van der Waals surface area contributed by atoms with Gasteiger partial charge < -0.3 is 10.0 Å². The second kappa shape index (κ2) is 5.67. The van der Waals surface area contributed by atoms with Crippen molar-refractivity contribution in [3.05, 3.63) is 27.2 Å². The third kappa shape index (κ3) is 2.68. The Kier molecular flexibility index (Phi) is 4.11. The summed E-state index contributed by atoms with van der Waals surface area (Å²) in [6.07, 6.45) is 1.94. The number of aromatic nitrogens is 2. The van der Waals surface area contributed by atoms with E-state index in [2.05, 4.69) is 5.10 Å². The molecule has 7 heteroatoms. The topological polar surface area (TPSA) is 92.5 Å². The zero-order valence-corrected chi connectivity index (χ0v) is 12.4. The van der Waals surface area contributed by atoms with Crippen LogP contribution in [0.15, 0.2) is 4.79 Å². The summed E-state index contributed by atoms with van der Waals surface area (Å²) in [4.78, 5) is 37.5. The van der Waals surface area contributed by atoms with Gasteiger partial charge in [-0.15, -0.1) is 0 Å². The van der Waals surface area contributed by atoms with Gasteiger partial charge in [-0.1, -0.05) is 0 Å². The second-order valence-electron chi connectivity index (χ2n) is 5.36. The normalized spacial score (nSPS) is 18.6. The van der Waals surface area contributed by atoms with Crippen molar-refractivity contribution in [3.63, 3.8) is 0 Å². The Morgan fingerprint density at radius 3 is 2.57 bits per heavy atom. The SMILES string of the molecule is Cc1nn(C)c(=O)c(C(=O)N2CCCC[C@@H]2C(=O)O)c1C. The highest BCUT2D eigenvalue weighted by molar-refractivity contribution is 5.97. The van der Waals surface area contributed by atoms with Gasteiger partial charge in [0.1, 0.15) is 11.6 Å². The van der Waals surface area contributed by atoms with Crippen molar-refractivity contribution in [2.24, 2.45) is 7.05 Å². The fourth-order valence-electron chi connectivity index (χ4n) is 2.68. The highest BCUT2D eigenvalue weighted by atomic mass is 16.4. The molecular formula is C14H19N3O4. The number of aryl methyl sites for hydroxylation is 2. The van der Waals surface area contributed by atoms with Crippen LogP contribution in [0.5, 0.6) is 0 Å². The minimum absolute atomic E-state index is 0.0261. The first-order valence-electron chi connectivity index (χ1n) is 6.93. The van der Waals surface area contributed by atoms with Crippen molar-refractivity contribution in [1.29, 1.82) is 0 Å². The van der Waals surface area contributed by atoms with Crippen molar-refractivity contribution in [2.75, 3.05) is 6.54 Å². The number of carboxylic acid groups (broad SMARTS) is 1. The molecule has 0 saturated carbocycles. The Balaban J connectivity index is 2.49. The molecule has 1 aromatic heterocycles. The van der Waals surface area contributed by atoms with E-state index in [9.17, 15) is 19.5 Å². The number of hydrogen-bond donors (Lipinski definition) is 1. The maximum atomic E-state index is 12.7. The smallest absolute Gasteiger partial charge is 0.326 e. The fourth-order valence-corrected chi connectivity index (χ4v) is 2.68. The molecule has 1 aromatic rings. The van der Waals surface area contributed by atoms with E-state index in [-0.39, 0.29) is 5.56 Å². The predicted molar refractivity (Wildman–Crippen MR) is 75.3 cm³/mol. The Morgan fingerprint density at radius 1 is 1.29 bits per heavy atom. The molecule has 0 spiro atoms. The maximum Gasteiger partial charge on any atom is 0.326 e. The van der Waals surface area contributed by atoms with E-state index in [0.29, 0.717) is 24.2 Å². The molecule has 2 heterocycles. The molecule has 0 bridgehead atoms. The van der Waals surface area contributed by atoms with Gasteiger partial charge in [0.05, 0.1) is 5.69 Å². The number of nitrogens with zero attached hydrogens (tertiary/aromatic N) is 3. The average Bonchev–Trinajstić information content (AvgIpc) is 2.45. The molecule has 1 saturated heterocycles. The summed E-state index contributed by atoms with van der Waals surface area (Å²) in [5.41, 5.74) is 0.637. The number of carbonyl (C=O) groups is 2. The Labute approximate surface area is 122 Å². The third-order valence-corrected chi connectivity index (χ3v) is 3.99. The number of hydrogen-bond acceptors (Lipinski definition) is 4. The molecule has 114 valence electrons. The van der Waals surface area contributed by atoms with E-state index in [1.165, 1.54) is 11.9 Å². The van der Waals surface area contributed by atoms with Gasteiger partial charge in [0, 0.05) is 13.6 Å². The first kappa shape index (κ1) is 15.2. The number of carbonyl (C=O) groups excluding carboxylic acids is 1. The minimum Gasteiger partial charge on any atom is -0.480 e. The quantitative estimate of drug-likeness (QED) is 0.856. The van der Waals surface area contributed by atoms with Crippen molar-refractivity contribution < 1.29 is 14.7 Å². The number of carboxylic acids is 1.